The van der Waals surface area contributed by atoms with Crippen molar-refractivity contribution in [3.63, 3.8) is 0 Å². The normalized spacial score (nSPS) is 21.3. The maximum Gasteiger partial charge on any atom is 0.274 e. The summed E-state index contributed by atoms with van der Waals surface area (Å²) in [4.78, 5) is 22.6. The number of hydrogen-bond acceptors (Lipinski definition) is 5. The van der Waals surface area contributed by atoms with Crippen LogP contribution in [0.15, 0.2) is 18.6 Å². The van der Waals surface area contributed by atoms with Gasteiger partial charge in [0.25, 0.3) is 5.91 Å². The summed E-state index contributed by atoms with van der Waals surface area (Å²) >= 11 is 0. The fourth-order valence-electron chi connectivity index (χ4n) is 2.84. The molecule has 22 heavy (non-hydrogen) atoms. The van der Waals surface area contributed by atoms with Crippen molar-refractivity contribution < 1.29 is 4.79 Å². The highest BCUT2D eigenvalue weighted by Gasteiger charge is 2.31. The predicted octanol–water partition coefficient (Wildman–Crippen LogP) is 1.34. The number of carbonyl (C=O) groups excluding carboxylic acids is 1. The van der Waals surface area contributed by atoms with Gasteiger partial charge >= 0.3 is 0 Å². The van der Waals surface area contributed by atoms with Crippen molar-refractivity contribution in [2.75, 3.05) is 13.1 Å². The highest BCUT2D eigenvalue weighted by Crippen LogP contribution is 2.39. The van der Waals surface area contributed by atoms with Gasteiger partial charge in [-0.1, -0.05) is 5.21 Å². The molecule has 1 atom stereocenters. The Hall–Kier alpha value is -2.31. The van der Waals surface area contributed by atoms with E-state index in [-0.39, 0.29) is 11.9 Å². The first-order chi connectivity index (χ1) is 10.7. The second-order valence-corrected chi connectivity index (χ2v) is 6.13. The largest absolute Gasteiger partial charge is 0.335 e. The summed E-state index contributed by atoms with van der Waals surface area (Å²) in [6.07, 6.45) is 8.56. The summed E-state index contributed by atoms with van der Waals surface area (Å²) < 4.78 is 1.92. The molecule has 0 N–H and O–H groups in total. The average molecular weight is 298 g/mol. The lowest BCUT2D eigenvalue weighted by molar-refractivity contribution is 0.0780. The van der Waals surface area contributed by atoms with Crippen LogP contribution in [0.25, 0.3) is 0 Å². The van der Waals surface area contributed by atoms with Crippen molar-refractivity contribution in [2.24, 2.45) is 0 Å². The van der Waals surface area contributed by atoms with Gasteiger partial charge in [0.15, 0.2) is 0 Å². The SMILES string of the molecule is Cc1cnc(C(=O)N2CCC(n3cc(C4CC4)nn3)C2)cn1. The molecule has 1 saturated heterocycles. The van der Waals surface area contributed by atoms with E-state index >= 15 is 0 Å². The van der Waals surface area contributed by atoms with Crippen LogP contribution in [-0.2, 0) is 0 Å². The average Bonchev–Trinajstić information content (AvgIpc) is 3.07. The maximum absolute atomic E-state index is 12.4. The van der Waals surface area contributed by atoms with Crippen molar-refractivity contribution >= 4 is 5.91 Å². The Morgan fingerprint density at radius 2 is 2.09 bits per heavy atom. The summed E-state index contributed by atoms with van der Waals surface area (Å²) in [5.41, 5.74) is 2.31. The zero-order valence-corrected chi connectivity index (χ0v) is 12.5. The van der Waals surface area contributed by atoms with E-state index < -0.39 is 0 Å². The molecule has 1 aliphatic carbocycles. The van der Waals surface area contributed by atoms with Gasteiger partial charge in [-0.05, 0) is 26.2 Å². The monoisotopic (exact) mass is 298 g/mol. The lowest BCUT2D eigenvalue weighted by Gasteiger charge is -2.15. The van der Waals surface area contributed by atoms with Gasteiger partial charge in [-0.15, -0.1) is 5.10 Å². The van der Waals surface area contributed by atoms with E-state index in [1.807, 2.05) is 22.7 Å². The van der Waals surface area contributed by atoms with Crippen LogP contribution in [-0.4, -0.2) is 48.9 Å². The van der Waals surface area contributed by atoms with Crippen LogP contribution in [0.1, 0.15) is 53.1 Å². The lowest BCUT2D eigenvalue weighted by Crippen LogP contribution is -2.30. The molecule has 2 aromatic heterocycles. The minimum atomic E-state index is -0.0578. The molecule has 0 spiro atoms. The molecule has 7 nitrogen and oxygen atoms in total. The number of aryl methyl sites for hydroxylation is 1. The Morgan fingerprint density at radius 3 is 2.82 bits per heavy atom. The third kappa shape index (κ3) is 2.47. The van der Waals surface area contributed by atoms with Crippen LogP contribution in [0.2, 0.25) is 0 Å². The van der Waals surface area contributed by atoms with Gasteiger partial charge in [-0.3, -0.25) is 9.78 Å². The Kier molecular flexibility index (Phi) is 3.13. The molecule has 114 valence electrons. The standard InChI is InChI=1S/C15H18N6O/c1-10-6-17-13(7-16-10)15(22)20-5-4-12(8-20)21-9-14(18-19-21)11-2-3-11/h6-7,9,11-12H,2-5,8H2,1H3. The molecule has 2 fully saturated rings. The highest BCUT2D eigenvalue weighted by atomic mass is 16.2. The van der Waals surface area contributed by atoms with Crippen molar-refractivity contribution in [1.82, 2.24) is 29.9 Å². The van der Waals surface area contributed by atoms with E-state index in [9.17, 15) is 4.79 Å². The summed E-state index contributed by atoms with van der Waals surface area (Å²) in [6, 6.07) is 0.211. The van der Waals surface area contributed by atoms with Crippen LogP contribution in [0.5, 0.6) is 0 Å². The van der Waals surface area contributed by atoms with E-state index in [1.54, 1.807) is 12.4 Å². The minimum absolute atomic E-state index is 0.0578. The molecular weight excluding hydrogens is 280 g/mol. The molecule has 7 heteroatoms. The molecule has 0 radical (unpaired) electrons. The van der Waals surface area contributed by atoms with Gasteiger partial charge in [-0.2, -0.15) is 0 Å². The van der Waals surface area contributed by atoms with Crippen molar-refractivity contribution in [2.45, 2.75) is 38.1 Å². The van der Waals surface area contributed by atoms with E-state index in [2.05, 4.69) is 20.3 Å². The molecular formula is C15H18N6O. The second kappa shape index (κ2) is 5.15. The molecule has 1 amide bonds. The van der Waals surface area contributed by atoms with Gasteiger partial charge in [-0.25, -0.2) is 9.67 Å². The van der Waals surface area contributed by atoms with Crippen LogP contribution in [0.4, 0.5) is 0 Å². The first-order valence-electron chi connectivity index (χ1n) is 7.70. The molecule has 2 aliphatic rings. The molecule has 1 saturated carbocycles. The number of carbonyl (C=O) groups is 1. The fraction of sp³-hybridized carbons (Fsp3) is 0.533. The van der Waals surface area contributed by atoms with Gasteiger partial charge in [0.05, 0.1) is 23.6 Å². The first kappa shape index (κ1) is 13.4. The first-order valence-corrected chi connectivity index (χ1v) is 7.70. The Labute approximate surface area is 128 Å². The van der Waals surface area contributed by atoms with E-state index in [4.69, 9.17) is 0 Å². The van der Waals surface area contributed by atoms with Crippen LogP contribution < -0.4 is 0 Å². The molecule has 2 aromatic rings. The second-order valence-electron chi connectivity index (χ2n) is 6.13. The predicted molar refractivity (Wildman–Crippen MR) is 78.3 cm³/mol. The zero-order valence-electron chi connectivity index (χ0n) is 12.5. The number of nitrogens with zero attached hydrogens (tertiary/aromatic N) is 6. The third-order valence-corrected chi connectivity index (χ3v) is 4.35. The third-order valence-electron chi connectivity index (χ3n) is 4.35. The highest BCUT2D eigenvalue weighted by molar-refractivity contribution is 5.92. The number of likely N-dealkylation sites (tertiary alicyclic amines) is 1. The smallest absolute Gasteiger partial charge is 0.274 e. The van der Waals surface area contributed by atoms with Gasteiger partial charge in [0.1, 0.15) is 5.69 Å². The molecule has 0 aromatic carbocycles. The van der Waals surface area contributed by atoms with Crippen molar-refractivity contribution in [1.29, 1.82) is 0 Å². The molecule has 0 bridgehead atoms. The summed E-state index contributed by atoms with van der Waals surface area (Å²) in [6.45, 7) is 3.23. The van der Waals surface area contributed by atoms with Crippen LogP contribution in [0.3, 0.4) is 0 Å². The summed E-state index contributed by atoms with van der Waals surface area (Å²) in [5, 5.41) is 8.49. The van der Waals surface area contributed by atoms with Crippen molar-refractivity contribution in [3.8, 4) is 0 Å². The van der Waals surface area contributed by atoms with Crippen LogP contribution >= 0.6 is 0 Å². The molecule has 1 aliphatic heterocycles. The number of rotatable bonds is 3. The molecule has 3 heterocycles. The number of hydrogen-bond donors (Lipinski definition) is 0. The van der Waals surface area contributed by atoms with Crippen molar-refractivity contribution in [3.05, 3.63) is 35.7 Å². The Morgan fingerprint density at radius 1 is 1.23 bits per heavy atom. The van der Waals surface area contributed by atoms with Crippen LogP contribution in [0, 0.1) is 6.92 Å². The van der Waals surface area contributed by atoms with Gasteiger partial charge in [0.2, 0.25) is 0 Å². The summed E-state index contributed by atoms with van der Waals surface area (Å²) in [5.74, 6) is 0.549. The molecule has 4 rings (SSSR count). The minimum Gasteiger partial charge on any atom is -0.335 e. The number of aromatic nitrogens is 5. The quantitative estimate of drug-likeness (QED) is 0.854. The zero-order chi connectivity index (χ0) is 15.1. The lowest BCUT2D eigenvalue weighted by atomic mass is 10.2. The number of amides is 1. The Balaban J connectivity index is 1.44. The Bertz CT molecular complexity index is 690. The fourth-order valence-corrected chi connectivity index (χ4v) is 2.84. The van der Waals surface area contributed by atoms with Gasteiger partial charge < -0.3 is 4.90 Å². The topological polar surface area (TPSA) is 76.8 Å². The molecule has 1 unspecified atom stereocenters. The maximum atomic E-state index is 12.4. The van der Waals surface area contributed by atoms with E-state index in [1.165, 1.54) is 12.8 Å². The van der Waals surface area contributed by atoms with Gasteiger partial charge in [0, 0.05) is 31.4 Å². The van der Waals surface area contributed by atoms with E-state index in [0.717, 1.165) is 24.4 Å². The summed E-state index contributed by atoms with van der Waals surface area (Å²) in [7, 11) is 0. The van der Waals surface area contributed by atoms with E-state index in [0.29, 0.717) is 18.2 Å².